The van der Waals surface area contributed by atoms with Crippen LogP contribution in [-0.4, -0.2) is 26.2 Å². The van der Waals surface area contributed by atoms with Gasteiger partial charge in [0.15, 0.2) is 0 Å². The lowest BCUT2D eigenvalue weighted by Crippen LogP contribution is -2.22. The maximum atomic E-state index is 5.77. The van der Waals surface area contributed by atoms with Crippen LogP contribution in [-0.2, 0) is 0 Å². The third-order valence-corrected chi connectivity index (χ3v) is 4.09. The van der Waals surface area contributed by atoms with Crippen molar-refractivity contribution in [3.8, 4) is 5.75 Å². The first-order valence-electron chi connectivity index (χ1n) is 8.01. The molecule has 1 saturated heterocycles. The van der Waals surface area contributed by atoms with Gasteiger partial charge in [-0.1, -0.05) is 26.2 Å². The molecule has 1 atom stereocenters. The normalized spacial score (nSPS) is 18.5. The van der Waals surface area contributed by atoms with Gasteiger partial charge in [0.05, 0.1) is 6.61 Å². The zero-order valence-corrected chi connectivity index (χ0v) is 12.7. The summed E-state index contributed by atoms with van der Waals surface area (Å²) in [6.45, 7) is 6.08. The molecule has 0 aliphatic carbocycles. The third-order valence-electron chi connectivity index (χ3n) is 4.09. The Morgan fingerprint density at radius 3 is 2.65 bits per heavy atom. The molecule has 0 spiro atoms. The first-order chi connectivity index (χ1) is 9.83. The van der Waals surface area contributed by atoms with Crippen LogP contribution in [0.25, 0.3) is 0 Å². The van der Waals surface area contributed by atoms with Crippen molar-refractivity contribution in [2.45, 2.75) is 39.0 Å². The fraction of sp³-hybridized carbons (Fsp3) is 0.647. The highest BCUT2D eigenvalue weighted by molar-refractivity contribution is 5.49. The van der Waals surface area contributed by atoms with Gasteiger partial charge in [-0.15, -0.1) is 0 Å². The van der Waals surface area contributed by atoms with Crippen molar-refractivity contribution in [1.29, 1.82) is 0 Å². The molecule has 1 aromatic rings. The predicted molar refractivity (Wildman–Crippen MR) is 85.5 cm³/mol. The van der Waals surface area contributed by atoms with E-state index in [1.165, 1.54) is 31.4 Å². The Balaban J connectivity index is 1.75. The highest BCUT2D eigenvalue weighted by Gasteiger charge is 2.21. The lowest BCUT2D eigenvalue weighted by Gasteiger charge is -2.18. The summed E-state index contributed by atoms with van der Waals surface area (Å²) in [7, 11) is 0. The molecule has 2 N–H and O–H groups in total. The van der Waals surface area contributed by atoms with Gasteiger partial charge in [0.25, 0.3) is 0 Å². The fourth-order valence-electron chi connectivity index (χ4n) is 2.73. The lowest BCUT2D eigenvalue weighted by atomic mass is 10.1. The molecule has 1 fully saturated rings. The summed E-state index contributed by atoms with van der Waals surface area (Å²) in [5.41, 5.74) is 7.03. The number of benzene rings is 1. The lowest BCUT2D eigenvalue weighted by molar-refractivity contribution is 0.305. The first-order valence-corrected chi connectivity index (χ1v) is 8.01. The Labute approximate surface area is 123 Å². The smallest absolute Gasteiger partial charge is 0.119 e. The summed E-state index contributed by atoms with van der Waals surface area (Å²) in [5.74, 6) is 1.64. The van der Waals surface area contributed by atoms with Crippen molar-refractivity contribution in [3.63, 3.8) is 0 Å². The average Bonchev–Trinajstić information content (AvgIpc) is 2.97. The van der Waals surface area contributed by atoms with Crippen LogP contribution in [0.5, 0.6) is 5.75 Å². The van der Waals surface area contributed by atoms with E-state index in [-0.39, 0.29) is 0 Å². The minimum atomic E-state index is 0.657. The van der Waals surface area contributed by atoms with Crippen LogP contribution >= 0.6 is 0 Å². The zero-order chi connectivity index (χ0) is 14.2. The van der Waals surface area contributed by atoms with Crippen LogP contribution in [0.2, 0.25) is 0 Å². The molecule has 2 rings (SSSR count). The van der Waals surface area contributed by atoms with Crippen molar-refractivity contribution in [3.05, 3.63) is 24.3 Å². The Morgan fingerprint density at radius 1 is 1.20 bits per heavy atom. The van der Waals surface area contributed by atoms with Crippen LogP contribution in [0.15, 0.2) is 24.3 Å². The van der Waals surface area contributed by atoms with Gasteiger partial charge in [0.2, 0.25) is 0 Å². The van der Waals surface area contributed by atoms with Crippen LogP contribution in [0.4, 0.5) is 5.69 Å². The molecule has 1 unspecified atom stereocenters. The molecule has 0 radical (unpaired) electrons. The minimum Gasteiger partial charge on any atom is -0.494 e. The summed E-state index contributed by atoms with van der Waals surface area (Å²) in [5, 5.41) is 0. The molecular formula is C17H28N2O. The van der Waals surface area contributed by atoms with Crippen molar-refractivity contribution in [2.24, 2.45) is 11.7 Å². The number of nitrogens with zero attached hydrogens (tertiary/aromatic N) is 1. The number of nitrogens with two attached hydrogens (primary N) is 1. The molecule has 0 amide bonds. The minimum absolute atomic E-state index is 0.657. The molecule has 0 bridgehead atoms. The van der Waals surface area contributed by atoms with Gasteiger partial charge >= 0.3 is 0 Å². The van der Waals surface area contributed by atoms with E-state index < -0.39 is 0 Å². The molecule has 1 aliphatic heterocycles. The number of ether oxygens (including phenoxy) is 1. The summed E-state index contributed by atoms with van der Waals surface area (Å²) in [6, 6.07) is 8.51. The predicted octanol–water partition coefficient (Wildman–Crippen LogP) is 3.43. The SMILES string of the molecule is CCCCCCOc1ccc(N2CCC(CN)C2)cc1. The maximum Gasteiger partial charge on any atom is 0.119 e. The van der Waals surface area contributed by atoms with E-state index in [4.69, 9.17) is 10.5 Å². The van der Waals surface area contributed by atoms with Gasteiger partial charge in [-0.3, -0.25) is 0 Å². The molecule has 3 heteroatoms. The zero-order valence-electron chi connectivity index (χ0n) is 12.7. The third kappa shape index (κ3) is 4.41. The summed E-state index contributed by atoms with van der Waals surface area (Å²) >= 11 is 0. The number of rotatable bonds is 8. The van der Waals surface area contributed by atoms with Crippen molar-refractivity contribution in [2.75, 3.05) is 31.1 Å². The molecular weight excluding hydrogens is 248 g/mol. The largest absolute Gasteiger partial charge is 0.494 e. The van der Waals surface area contributed by atoms with Crippen LogP contribution in [0.3, 0.4) is 0 Å². The highest BCUT2D eigenvalue weighted by Crippen LogP contribution is 2.25. The quantitative estimate of drug-likeness (QED) is 0.739. The summed E-state index contributed by atoms with van der Waals surface area (Å²) < 4.78 is 5.77. The van der Waals surface area contributed by atoms with Gasteiger partial charge in [0, 0.05) is 18.8 Å². The maximum absolute atomic E-state index is 5.77. The molecule has 20 heavy (non-hydrogen) atoms. The van der Waals surface area contributed by atoms with E-state index >= 15 is 0 Å². The van der Waals surface area contributed by atoms with Crippen LogP contribution in [0, 0.1) is 5.92 Å². The summed E-state index contributed by atoms with van der Waals surface area (Å²) in [6.07, 6.45) is 6.21. The first kappa shape index (κ1) is 15.2. The van der Waals surface area contributed by atoms with Crippen molar-refractivity contribution in [1.82, 2.24) is 0 Å². The van der Waals surface area contributed by atoms with Crippen LogP contribution < -0.4 is 15.4 Å². The second-order valence-corrected chi connectivity index (χ2v) is 5.74. The fourth-order valence-corrected chi connectivity index (χ4v) is 2.73. The monoisotopic (exact) mass is 276 g/mol. The number of hydrogen-bond acceptors (Lipinski definition) is 3. The topological polar surface area (TPSA) is 38.5 Å². The van der Waals surface area contributed by atoms with E-state index in [2.05, 4.69) is 36.1 Å². The molecule has 3 nitrogen and oxygen atoms in total. The van der Waals surface area contributed by atoms with Gasteiger partial charge in [-0.25, -0.2) is 0 Å². The van der Waals surface area contributed by atoms with Crippen molar-refractivity contribution < 1.29 is 4.74 Å². The van der Waals surface area contributed by atoms with E-state index in [0.29, 0.717) is 5.92 Å². The Morgan fingerprint density at radius 2 is 2.00 bits per heavy atom. The Kier molecular flexibility index (Phi) is 6.19. The molecule has 1 aromatic carbocycles. The Bertz CT molecular complexity index is 377. The average molecular weight is 276 g/mol. The van der Waals surface area contributed by atoms with Crippen LogP contribution in [0.1, 0.15) is 39.0 Å². The Hall–Kier alpha value is -1.22. The molecule has 0 saturated carbocycles. The second kappa shape index (κ2) is 8.15. The van der Waals surface area contributed by atoms with E-state index in [1.54, 1.807) is 0 Å². The second-order valence-electron chi connectivity index (χ2n) is 5.74. The van der Waals surface area contributed by atoms with E-state index in [1.807, 2.05) is 0 Å². The molecule has 0 aromatic heterocycles. The van der Waals surface area contributed by atoms with E-state index in [0.717, 1.165) is 38.4 Å². The summed E-state index contributed by atoms with van der Waals surface area (Å²) in [4.78, 5) is 2.42. The van der Waals surface area contributed by atoms with Gasteiger partial charge in [-0.05, 0) is 49.6 Å². The molecule has 112 valence electrons. The van der Waals surface area contributed by atoms with E-state index in [9.17, 15) is 0 Å². The van der Waals surface area contributed by atoms with Gasteiger partial charge < -0.3 is 15.4 Å². The number of anilines is 1. The molecule has 1 heterocycles. The highest BCUT2D eigenvalue weighted by atomic mass is 16.5. The number of unbranched alkanes of at least 4 members (excludes halogenated alkanes) is 3. The van der Waals surface area contributed by atoms with Gasteiger partial charge in [-0.2, -0.15) is 0 Å². The number of hydrogen-bond donors (Lipinski definition) is 1. The van der Waals surface area contributed by atoms with Crippen molar-refractivity contribution >= 4 is 5.69 Å². The van der Waals surface area contributed by atoms with Gasteiger partial charge in [0.1, 0.15) is 5.75 Å². The molecule has 1 aliphatic rings. The standard InChI is InChI=1S/C17H28N2O/c1-2-3-4-5-12-20-17-8-6-16(7-9-17)19-11-10-15(13-18)14-19/h6-9,15H,2-5,10-14,18H2,1H3.